The number of nitrogens with zero attached hydrogens (tertiary/aromatic N) is 1. The maximum Gasteiger partial charge on any atom is 0.319 e. The molecule has 2 amide bonds. The summed E-state index contributed by atoms with van der Waals surface area (Å²) >= 11 is 0. The van der Waals surface area contributed by atoms with E-state index in [0.717, 1.165) is 11.3 Å². The van der Waals surface area contributed by atoms with Crippen LogP contribution in [0.3, 0.4) is 0 Å². The zero-order valence-corrected chi connectivity index (χ0v) is 14.4. The van der Waals surface area contributed by atoms with Crippen LogP contribution in [-0.2, 0) is 10.8 Å². The van der Waals surface area contributed by atoms with Gasteiger partial charge >= 0.3 is 6.03 Å². The Morgan fingerprint density at radius 3 is 2.48 bits per heavy atom. The fraction of sp³-hybridized carbons (Fsp3) is 0.375. The third-order valence-electron chi connectivity index (χ3n) is 3.21. The summed E-state index contributed by atoms with van der Waals surface area (Å²) in [5.41, 5.74) is 2.61. The molecular formula is C16H22N4O2S. The van der Waals surface area contributed by atoms with Crippen LogP contribution in [0.1, 0.15) is 20.8 Å². The van der Waals surface area contributed by atoms with Crippen LogP contribution in [-0.4, -0.2) is 37.5 Å². The summed E-state index contributed by atoms with van der Waals surface area (Å²) in [5.74, 6) is 0.440. The lowest BCUT2D eigenvalue weighted by Gasteiger charge is -2.17. The highest BCUT2D eigenvalue weighted by molar-refractivity contribution is 7.86. The zero-order valence-electron chi connectivity index (χ0n) is 13.6. The van der Waals surface area contributed by atoms with Crippen LogP contribution in [0.4, 0.5) is 10.5 Å². The van der Waals surface area contributed by atoms with Crippen molar-refractivity contribution in [1.29, 1.82) is 0 Å². The quantitative estimate of drug-likeness (QED) is 0.786. The van der Waals surface area contributed by atoms with E-state index in [0.29, 0.717) is 18.0 Å². The predicted octanol–water partition coefficient (Wildman–Crippen LogP) is 2.75. The summed E-state index contributed by atoms with van der Waals surface area (Å²) in [6, 6.07) is 9.02. The average Bonchev–Trinajstić information content (AvgIpc) is 3.01. The van der Waals surface area contributed by atoms with Crippen molar-refractivity contribution in [3.63, 3.8) is 0 Å². The van der Waals surface area contributed by atoms with E-state index in [1.54, 1.807) is 6.20 Å². The van der Waals surface area contributed by atoms with Crippen LogP contribution in [0.2, 0.25) is 0 Å². The minimum absolute atomic E-state index is 0.263. The molecule has 1 aromatic carbocycles. The highest BCUT2D eigenvalue weighted by Gasteiger charge is 2.18. The molecule has 7 heteroatoms. The second-order valence-electron chi connectivity index (χ2n) is 6.09. The molecular weight excluding hydrogens is 312 g/mol. The number of amides is 2. The standard InChI is InChI=1S/C16H22N4O2S/c1-16(2,3)23(22)11-10-17-15(21)19-13-6-4-12(5-7-13)14-8-9-18-20-14/h4-9H,10-11H2,1-3H3,(H,18,20)(H2,17,19,21)/t23-/m0/s1. The minimum Gasteiger partial charge on any atom is -0.337 e. The summed E-state index contributed by atoms with van der Waals surface area (Å²) in [6.45, 7) is 6.14. The first-order valence-corrected chi connectivity index (χ1v) is 8.71. The molecule has 3 N–H and O–H groups in total. The number of carbonyl (C=O) groups excluding carboxylic acids is 1. The van der Waals surface area contributed by atoms with Crippen molar-refractivity contribution >= 4 is 22.5 Å². The minimum atomic E-state index is -0.972. The lowest BCUT2D eigenvalue weighted by atomic mass is 10.1. The molecule has 0 aliphatic carbocycles. The Morgan fingerprint density at radius 1 is 1.22 bits per heavy atom. The molecule has 0 aliphatic rings. The number of aromatic amines is 1. The van der Waals surface area contributed by atoms with Gasteiger partial charge in [0, 0.05) is 39.7 Å². The van der Waals surface area contributed by atoms with Crippen LogP contribution in [0.15, 0.2) is 36.5 Å². The van der Waals surface area contributed by atoms with Gasteiger partial charge in [0.2, 0.25) is 0 Å². The Bertz CT molecular complexity index is 660. The molecule has 1 heterocycles. The van der Waals surface area contributed by atoms with Crippen molar-refractivity contribution in [3.05, 3.63) is 36.5 Å². The summed E-state index contributed by atoms with van der Waals surface area (Å²) < 4.78 is 11.6. The van der Waals surface area contributed by atoms with Crippen LogP contribution in [0.5, 0.6) is 0 Å². The fourth-order valence-corrected chi connectivity index (χ4v) is 2.79. The van der Waals surface area contributed by atoms with Crippen molar-refractivity contribution in [2.45, 2.75) is 25.5 Å². The van der Waals surface area contributed by atoms with Crippen LogP contribution >= 0.6 is 0 Å². The number of H-pyrrole nitrogens is 1. The van der Waals surface area contributed by atoms with E-state index in [9.17, 15) is 9.00 Å². The van der Waals surface area contributed by atoms with Crippen LogP contribution in [0, 0.1) is 0 Å². The van der Waals surface area contributed by atoms with E-state index in [2.05, 4.69) is 20.8 Å². The molecule has 0 fully saturated rings. The third kappa shape index (κ3) is 5.21. The van der Waals surface area contributed by atoms with Gasteiger partial charge in [-0.05, 0) is 44.5 Å². The highest BCUT2D eigenvalue weighted by Crippen LogP contribution is 2.18. The summed E-state index contributed by atoms with van der Waals surface area (Å²) in [4.78, 5) is 11.8. The first-order chi connectivity index (χ1) is 10.9. The van der Waals surface area contributed by atoms with Gasteiger partial charge in [-0.15, -0.1) is 0 Å². The Labute approximate surface area is 138 Å². The molecule has 0 saturated carbocycles. The lowest BCUT2D eigenvalue weighted by Crippen LogP contribution is -2.35. The number of anilines is 1. The zero-order chi connectivity index (χ0) is 16.9. The maximum absolute atomic E-state index is 11.9. The van der Waals surface area contributed by atoms with Gasteiger partial charge < -0.3 is 10.6 Å². The van der Waals surface area contributed by atoms with Crippen molar-refractivity contribution in [3.8, 4) is 11.3 Å². The van der Waals surface area contributed by atoms with Gasteiger partial charge in [0.1, 0.15) is 0 Å². The number of benzene rings is 1. The highest BCUT2D eigenvalue weighted by atomic mass is 32.2. The van der Waals surface area contributed by atoms with E-state index < -0.39 is 10.8 Å². The SMILES string of the molecule is CC(C)(C)[S@@](=O)CCNC(=O)Nc1ccc(-c2ccn[nH]2)cc1. The number of urea groups is 1. The monoisotopic (exact) mass is 334 g/mol. The molecule has 0 unspecified atom stereocenters. The molecule has 2 rings (SSSR count). The Hall–Kier alpha value is -2.15. The molecule has 1 atom stereocenters. The number of carbonyl (C=O) groups is 1. The summed E-state index contributed by atoms with van der Waals surface area (Å²) in [7, 11) is -0.972. The normalized spacial score (nSPS) is 12.7. The maximum atomic E-state index is 11.9. The largest absolute Gasteiger partial charge is 0.337 e. The van der Waals surface area contributed by atoms with Crippen molar-refractivity contribution in [2.24, 2.45) is 0 Å². The van der Waals surface area contributed by atoms with Gasteiger partial charge in [0.25, 0.3) is 0 Å². The molecule has 0 radical (unpaired) electrons. The van der Waals surface area contributed by atoms with Crippen molar-refractivity contribution in [2.75, 3.05) is 17.6 Å². The van der Waals surface area contributed by atoms with Gasteiger partial charge in [-0.2, -0.15) is 5.10 Å². The molecule has 2 aromatic rings. The molecule has 0 aliphatic heterocycles. The number of aromatic nitrogens is 2. The smallest absolute Gasteiger partial charge is 0.319 e. The van der Waals surface area contributed by atoms with E-state index in [4.69, 9.17) is 0 Å². The van der Waals surface area contributed by atoms with Crippen molar-refractivity contribution < 1.29 is 9.00 Å². The van der Waals surface area contributed by atoms with Gasteiger partial charge in [0.05, 0.1) is 5.69 Å². The van der Waals surface area contributed by atoms with Crippen LogP contribution < -0.4 is 10.6 Å². The number of hydrogen-bond donors (Lipinski definition) is 3. The molecule has 6 nitrogen and oxygen atoms in total. The first kappa shape index (κ1) is 17.2. The third-order valence-corrected chi connectivity index (χ3v) is 5.15. The van der Waals surface area contributed by atoms with Crippen molar-refractivity contribution in [1.82, 2.24) is 15.5 Å². The molecule has 1 aromatic heterocycles. The van der Waals surface area contributed by atoms with E-state index in [-0.39, 0.29) is 10.8 Å². The second kappa shape index (κ2) is 7.41. The number of rotatable bonds is 5. The summed E-state index contributed by atoms with van der Waals surface area (Å²) in [6.07, 6.45) is 1.69. The Balaban J connectivity index is 1.80. The van der Waals surface area contributed by atoms with Gasteiger partial charge in [0.15, 0.2) is 0 Å². The average molecular weight is 334 g/mol. The number of nitrogens with one attached hydrogen (secondary N) is 3. The molecule has 124 valence electrons. The van der Waals surface area contributed by atoms with E-state index in [1.807, 2.05) is 51.1 Å². The first-order valence-electron chi connectivity index (χ1n) is 7.39. The van der Waals surface area contributed by atoms with E-state index >= 15 is 0 Å². The van der Waals surface area contributed by atoms with Gasteiger partial charge in [-0.3, -0.25) is 9.31 Å². The molecule has 0 saturated heterocycles. The summed E-state index contributed by atoms with van der Waals surface area (Å²) in [5, 5.41) is 12.3. The molecule has 23 heavy (non-hydrogen) atoms. The number of hydrogen-bond acceptors (Lipinski definition) is 3. The second-order valence-corrected chi connectivity index (χ2v) is 8.41. The van der Waals surface area contributed by atoms with Gasteiger partial charge in [-0.1, -0.05) is 12.1 Å². The van der Waals surface area contributed by atoms with Crippen LogP contribution in [0.25, 0.3) is 11.3 Å². The lowest BCUT2D eigenvalue weighted by molar-refractivity contribution is 0.252. The fourth-order valence-electron chi connectivity index (χ4n) is 1.89. The van der Waals surface area contributed by atoms with Gasteiger partial charge in [-0.25, -0.2) is 4.79 Å². The predicted molar refractivity (Wildman–Crippen MR) is 93.8 cm³/mol. The Morgan fingerprint density at radius 2 is 1.91 bits per heavy atom. The molecule has 0 spiro atoms. The topological polar surface area (TPSA) is 86.9 Å². The Kier molecular flexibility index (Phi) is 5.54. The van der Waals surface area contributed by atoms with E-state index in [1.165, 1.54) is 0 Å². The molecule has 0 bridgehead atoms.